The summed E-state index contributed by atoms with van der Waals surface area (Å²) in [6.45, 7) is 2.43. The van der Waals surface area contributed by atoms with Crippen molar-refractivity contribution in [2.75, 3.05) is 19.7 Å². The van der Waals surface area contributed by atoms with Crippen LogP contribution in [0, 0.1) is 5.92 Å². The molecular weight excluding hydrogens is 444 g/mol. The van der Waals surface area contributed by atoms with Crippen molar-refractivity contribution in [3.8, 4) is 11.1 Å². The fourth-order valence-corrected chi connectivity index (χ4v) is 4.85. The summed E-state index contributed by atoms with van der Waals surface area (Å²) < 4.78 is 5.66. The molecule has 0 saturated heterocycles. The zero-order valence-electron chi connectivity index (χ0n) is 20.2. The smallest absolute Gasteiger partial charge is 0.407 e. The van der Waals surface area contributed by atoms with Gasteiger partial charge in [0.05, 0.1) is 0 Å². The number of alkyl carbamates (subject to hydrolysis) is 1. The molecule has 0 aliphatic heterocycles. The molecule has 0 aromatic heterocycles. The van der Waals surface area contributed by atoms with Gasteiger partial charge in [0, 0.05) is 24.9 Å². The van der Waals surface area contributed by atoms with E-state index in [0.717, 1.165) is 47.9 Å². The van der Waals surface area contributed by atoms with E-state index in [1.807, 2.05) is 24.3 Å². The number of nitrogens with zero attached hydrogens (tertiary/aromatic N) is 1. The molecule has 0 heterocycles. The third-order valence-electron chi connectivity index (χ3n) is 6.85. The number of carbonyl (C=O) groups is 3. The molecule has 1 saturated carbocycles. The fraction of sp³-hybridized carbons (Fsp3) is 0.464. The first-order valence-corrected chi connectivity index (χ1v) is 12.6. The topological polar surface area (TPSA) is 95.9 Å². The molecule has 2 aliphatic rings. The average molecular weight is 479 g/mol. The molecule has 1 atom stereocenters. The number of rotatable bonds is 12. The number of nitrogens with one attached hydrogen (secondary N) is 1. The highest BCUT2D eigenvalue weighted by atomic mass is 16.5. The lowest BCUT2D eigenvalue weighted by molar-refractivity contribution is -0.144. The van der Waals surface area contributed by atoms with Gasteiger partial charge in [0.15, 0.2) is 0 Å². The van der Waals surface area contributed by atoms with Crippen molar-refractivity contribution >= 4 is 18.0 Å². The Morgan fingerprint density at radius 2 is 1.69 bits per heavy atom. The van der Waals surface area contributed by atoms with Crippen molar-refractivity contribution in [2.24, 2.45) is 5.92 Å². The standard InChI is InChI=1S/C28H34N2O5/c1-2-3-8-20(15-26(31)30(17-27(32)33)16-19-13-14-19)29-28(34)35-18-25-23-11-6-4-9-21(23)22-10-5-7-12-24(22)25/h4-7,9-12,19-20,25H,2-3,8,13-18H2,1H3,(H,29,34)(H,32,33)/t20-/m0/s1. The number of carboxylic acids is 1. The molecule has 2 N–H and O–H groups in total. The molecule has 35 heavy (non-hydrogen) atoms. The summed E-state index contributed by atoms with van der Waals surface area (Å²) in [6, 6.07) is 15.9. The van der Waals surface area contributed by atoms with Gasteiger partial charge >= 0.3 is 12.1 Å². The van der Waals surface area contributed by atoms with Crippen LogP contribution in [0.4, 0.5) is 4.79 Å². The van der Waals surface area contributed by atoms with Crippen molar-refractivity contribution in [3.63, 3.8) is 0 Å². The Morgan fingerprint density at radius 1 is 1.06 bits per heavy atom. The quantitative estimate of drug-likeness (QED) is 0.457. The van der Waals surface area contributed by atoms with Crippen LogP contribution in [0.25, 0.3) is 11.1 Å². The maximum absolute atomic E-state index is 12.9. The minimum Gasteiger partial charge on any atom is -0.480 e. The van der Waals surface area contributed by atoms with E-state index in [-0.39, 0.29) is 31.4 Å². The van der Waals surface area contributed by atoms with E-state index >= 15 is 0 Å². The highest BCUT2D eigenvalue weighted by Gasteiger charge is 2.31. The number of fused-ring (bicyclic) bond motifs is 3. The van der Waals surface area contributed by atoms with Crippen molar-refractivity contribution in [3.05, 3.63) is 59.7 Å². The lowest BCUT2D eigenvalue weighted by Crippen LogP contribution is -2.43. The number of hydrogen-bond acceptors (Lipinski definition) is 4. The van der Waals surface area contributed by atoms with Gasteiger partial charge in [0.1, 0.15) is 13.2 Å². The summed E-state index contributed by atoms with van der Waals surface area (Å²) in [5.74, 6) is -0.899. The molecule has 2 aromatic rings. The van der Waals surface area contributed by atoms with Crippen LogP contribution >= 0.6 is 0 Å². The van der Waals surface area contributed by atoms with Gasteiger partial charge in [-0.2, -0.15) is 0 Å². The van der Waals surface area contributed by atoms with E-state index in [4.69, 9.17) is 4.74 Å². The Morgan fingerprint density at radius 3 is 2.26 bits per heavy atom. The van der Waals surface area contributed by atoms with Crippen LogP contribution in [0.15, 0.2) is 48.5 Å². The van der Waals surface area contributed by atoms with Gasteiger partial charge in [-0.15, -0.1) is 0 Å². The van der Waals surface area contributed by atoms with Gasteiger partial charge in [0.25, 0.3) is 0 Å². The Bertz CT molecular complexity index is 1020. The van der Waals surface area contributed by atoms with Gasteiger partial charge < -0.3 is 20.1 Å². The van der Waals surface area contributed by atoms with Crippen LogP contribution in [-0.2, 0) is 14.3 Å². The number of carboxylic acid groups (broad SMARTS) is 1. The van der Waals surface area contributed by atoms with Crippen molar-refractivity contribution in [1.29, 1.82) is 0 Å². The van der Waals surface area contributed by atoms with Crippen LogP contribution in [0.5, 0.6) is 0 Å². The minimum atomic E-state index is -1.02. The van der Waals surface area contributed by atoms with Crippen LogP contribution in [0.3, 0.4) is 0 Å². The van der Waals surface area contributed by atoms with Gasteiger partial charge in [-0.1, -0.05) is 68.3 Å². The second-order valence-electron chi connectivity index (χ2n) is 9.62. The molecular formula is C28H34N2O5. The first-order valence-electron chi connectivity index (χ1n) is 12.6. The number of aliphatic carboxylic acids is 1. The molecule has 7 nitrogen and oxygen atoms in total. The lowest BCUT2D eigenvalue weighted by atomic mass is 9.98. The van der Waals surface area contributed by atoms with Crippen LogP contribution < -0.4 is 5.32 Å². The molecule has 2 aromatic carbocycles. The number of ether oxygens (including phenoxy) is 1. The monoisotopic (exact) mass is 478 g/mol. The highest BCUT2D eigenvalue weighted by molar-refractivity contribution is 5.82. The van der Waals surface area contributed by atoms with E-state index in [1.54, 1.807) is 0 Å². The predicted octanol–water partition coefficient (Wildman–Crippen LogP) is 4.80. The molecule has 2 aliphatic carbocycles. The van der Waals surface area contributed by atoms with E-state index in [2.05, 4.69) is 36.5 Å². The minimum absolute atomic E-state index is 0.0338. The second-order valence-corrected chi connectivity index (χ2v) is 9.62. The summed E-state index contributed by atoms with van der Waals surface area (Å²) in [4.78, 5) is 38.3. The average Bonchev–Trinajstić information content (AvgIpc) is 3.61. The van der Waals surface area contributed by atoms with Crippen LogP contribution in [0.2, 0.25) is 0 Å². The molecule has 7 heteroatoms. The number of benzene rings is 2. The molecule has 2 amide bonds. The number of carbonyl (C=O) groups excluding carboxylic acids is 2. The SMILES string of the molecule is CCCC[C@@H](CC(=O)N(CC(=O)O)CC1CC1)NC(=O)OCC1c2ccccc2-c2ccccc21. The Labute approximate surface area is 206 Å². The summed E-state index contributed by atoms with van der Waals surface area (Å²) in [5, 5.41) is 12.1. The lowest BCUT2D eigenvalue weighted by Gasteiger charge is -2.24. The third-order valence-corrected chi connectivity index (χ3v) is 6.85. The van der Waals surface area contributed by atoms with Gasteiger partial charge in [0.2, 0.25) is 5.91 Å². The molecule has 4 rings (SSSR count). The first-order chi connectivity index (χ1) is 17.0. The number of amides is 2. The van der Waals surface area contributed by atoms with Crippen LogP contribution in [0.1, 0.15) is 62.5 Å². The van der Waals surface area contributed by atoms with Gasteiger partial charge in [-0.25, -0.2) is 4.79 Å². The van der Waals surface area contributed by atoms with Crippen LogP contribution in [-0.4, -0.2) is 53.7 Å². The second kappa shape index (κ2) is 11.4. The van der Waals surface area contributed by atoms with Crippen molar-refractivity contribution < 1.29 is 24.2 Å². The molecule has 186 valence electrons. The summed E-state index contributed by atoms with van der Waals surface area (Å²) >= 11 is 0. The molecule has 0 spiro atoms. The third kappa shape index (κ3) is 6.41. The van der Waals surface area contributed by atoms with E-state index in [1.165, 1.54) is 4.90 Å². The maximum atomic E-state index is 12.9. The summed E-state index contributed by atoms with van der Waals surface area (Å²) in [5.41, 5.74) is 4.61. The van der Waals surface area contributed by atoms with E-state index in [9.17, 15) is 19.5 Å². The molecule has 0 radical (unpaired) electrons. The van der Waals surface area contributed by atoms with Gasteiger partial charge in [-0.3, -0.25) is 9.59 Å². The Balaban J connectivity index is 1.37. The summed E-state index contributed by atoms with van der Waals surface area (Å²) in [6.07, 6.45) is 4.00. The van der Waals surface area contributed by atoms with E-state index < -0.39 is 18.1 Å². The van der Waals surface area contributed by atoms with Crippen molar-refractivity contribution in [2.45, 2.75) is 57.4 Å². The predicted molar refractivity (Wildman–Crippen MR) is 133 cm³/mol. The Kier molecular flexibility index (Phi) is 8.06. The molecule has 1 fully saturated rings. The molecule has 0 unspecified atom stereocenters. The van der Waals surface area contributed by atoms with Crippen molar-refractivity contribution in [1.82, 2.24) is 10.2 Å². The zero-order valence-corrected chi connectivity index (χ0v) is 20.2. The summed E-state index contributed by atoms with van der Waals surface area (Å²) in [7, 11) is 0. The largest absolute Gasteiger partial charge is 0.480 e. The fourth-order valence-electron chi connectivity index (χ4n) is 4.85. The number of unbranched alkanes of at least 4 members (excludes halogenated alkanes) is 1. The first kappa shape index (κ1) is 24.8. The number of hydrogen-bond donors (Lipinski definition) is 2. The highest BCUT2D eigenvalue weighted by Crippen LogP contribution is 2.44. The zero-order chi connectivity index (χ0) is 24.8. The molecule has 0 bridgehead atoms. The normalized spacial score (nSPS) is 15.1. The maximum Gasteiger partial charge on any atom is 0.407 e. The van der Waals surface area contributed by atoms with E-state index in [0.29, 0.717) is 18.9 Å². The van der Waals surface area contributed by atoms with Gasteiger partial charge in [-0.05, 0) is 47.4 Å². The Hall–Kier alpha value is -3.35.